The summed E-state index contributed by atoms with van der Waals surface area (Å²) >= 11 is 0. The lowest BCUT2D eigenvalue weighted by Gasteiger charge is -2.49. The number of nitrogens with zero attached hydrogens (tertiary/aromatic N) is 3. The average Bonchev–Trinajstić information content (AvgIpc) is 3.94. The quantitative estimate of drug-likeness (QED) is 0.284. The van der Waals surface area contributed by atoms with E-state index in [4.69, 9.17) is 18.9 Å². The fourth-order valence-electron chi connectivity index (χ4n) is 10.0. The summed E-state index contributed by atoms with van der Waals surface area (Å²) in [6.07, 6.45) is 0.875. The van der Waals surface area contributed by atoms with Crippen molar-refractivity contribution in [2.75, 3.05) is 46.6 Å². The first-order valence-electron chi connectivity index (χ1n) is 22.8. The third-order valence-electron chi connectivity index (χ3n) is 14.1. The van der Waals surface area contributed by atoms with Crippen LogP contribution in [0.4, 0.5) is 18.0 Å². The number of ether oxygens (including phenoxy) is 4. The van der Waals surface area contributed by atoms with Gasteiger partial charge in [0.15, 0.2) is 11.4 Å². The second-order valence-corrected chi connectivity index (χ2v) is 21.5. The van der Waals surface area contributed by atoms with Gasteiger partial charge in [-0.05, 0) is 75.1 Å². The number of sulfonamides is 1. The number of aromatic nitrogens is 1. The Morgan fingerprint density at radius 3 is 2.48 bits per heavy atom. The van der Waals surface area contributed by atoms with Crippen LogP contribution in [-0.4, -0.2) is 122 Å². The normalized spacial score (nSPS) is 29.3. The number of carbonyl (C=O) groups excluding carboxylic acids is 4. The van der Waals surface area contributed by atoms with Gasteiger partial charge in [-0.15, -0.1) is 0 Å². The summed E-state index contributed by atoms with van der Waals surface area (Å²) in [6, 6.07) is 1.12. The topological polar surface area (TPSA) is 195 Å². The highest BCUT2D eigenvalue weighted by molar-refractivity contribution is 7.91. The Hall–Kier alpha value is -4.95. The summed E-state index contributed by atoms with van der Waals surface area (Å²) in [5.74, 6) is -3.49. The fourth-order valence-corrected chi connectivity index (χ4v) is 11.3. The molecule has 2 saturated carbocycles. The molecule has 1 spiro atoms. The molecule has 360 valence electrons. The lowest BCUT2D eigenvalue weighted by Crippen LogP contribution is -2.71. The molecule has 0 radical (unpaired) electrons. The van der Waals surface area contributed by atoms with Gasteiger partial charge in [-0.1, -0.05) is 45.4 Å². The standard InChI is InChI=1S/C46H59F3N6O10S/c1-27(2)25-64-42(59)51-33-12-10-8-6-7-9-11-29-21-28(3)45(29,41(58)53-66(60,61)43(4)15-16-43)52-39(56)35-24-44(26-55(35)40(33)57)23-34(54-17-19-63-20-18-54)36-31-22-30(62-5)13-14-32(31)50-38(37(36)65-44)46(47,48)49/h9,11,13-14,22,27,29,33-35H,3,6-8,10,12,15-21,23-26H2,1-2,4-5H3,(H,51,59)(H,52,56)(H,53,58). The van der Waals surface area contributed by atoms with Crippen LogP contribution in [0.2, 0.25) is 0 Å². The van der Waals surface area contributed by atoms with Crippen molar-refractivity contribution >= 4 is 44.7 Å². The maximum absolute atomic E-state index is 15.3. The van der Waals surface area contributed by atoms with Crippen molar-refractivity contribution in [1.82, 2.24) is 30.1 Å². The average molecular weight is 945 g/mol. The number of amides is 4. The predicted molar refractivity (Wildman–Crippen MR) is 235 cm³/mol. The molecule has 6 atom stereocenters. The van der Waals surface area contributed by atoms with Gasteiger partial charge < -0.3 is 34.5 Å². The number of hydrogen-bond donors (Lipinski definition) is 3. The molecule has 16 nitrogen and oxygen atoms in total. The number of morpholine rings is 1. The van der Waals surface area contributed by atoms with E-state index in [9.17, 15) is 18.0 Å². The molecule has 2 aromatic rings. The molecular weight excluding hydrogens is 886 g/mol. The van der Waals surface area contributed by atoms with E-state index in [1.165, 1.54) is 31.1 Å². The summed E-state index contributed by atoms with van der Waals surface area (Å²) < 4.78 is 97.4. The smallest absolute Gasteiger partial charge is 0.437 e. The van der Waals surface area contributed by atoms with Crippen LogP contribution in [0.15, 0.2) is 42.5 Å². The summed E-state index contributed by atoms with van der Waals surface area (Å²) in [4.78, 5) is 65.4. The molecule has 20 heteroatoms. The number of pyridine rings is 1. The van der Waals surface area contributed by atoms with Crippen molar-refractivity contribution in [3.8, 4) is 11.5 Å². The number of methoxy groups -OCH3 is 1. The SMILES string of the molecule is C=C1CC2C=CCCCCCC(NC(=O)OCC(C)C)C(=O)N3CC4(CC(N5CCOCC5)c5c(c(C(F)(F)F)nc6ccc(OC)cc56)O4)CC3C(=O)NC12C(=O)NS(=O)(=O)C1(C)CC1. The van der Waals surface area contributed by atoms with Crippen LogP contribution in [0, 0.1) is 11.8 Å². The maximum atomic E-state index is 15.3. The molecule has 4 aliphatic heterocycles. The van der Waals surface area contributed by atoms with E-state index in [1.54, 1.807) is 12.1 Å². The molecule has 2 aliphatic carbocycles. The monoisotopic (exact) mass is 944 g/mol. The van der Waals surface area contributed by atoms with Crippen LogP contribution in [0.3, 0.4) is 0 Å². The Bertz CT molecular complexity index is 2420. The van der Waals surface area contributed by atoms with Crippen molar-refractivity contribution in [3.05, 3.63) is 53.8 Å². The number of nitrogens with one attached hydrogen (secondary N) is 3. The maximum Gasteiger partial charge on any atom is 0.437 e. The molecule has 1 aromatic heterocycles. The van der Waals surface area contributed by atoms with Crippen molar-refractivity contribution in [2.24, 2.45) is 11.8 Å². The minimum absolute atomic E-state index is 0.0102. The molecule has 2 saturated heterocycles. The summed E-state index contributed by atoms with van der Waals surface area (Å²) in [6.45, 7) is 10.3. The van der Waals surface area contributed by atoms with Gasteiger partial charge in [0.2, 0.25) is 21.8 Å². The zero-order valence-corrected chi connectivity index (χ0v) is 38.6. The first kappa shape index (κ1) is 47.5. The molecule has 8 rings (SSSR count). The second kappa shape index (κ2) is 17.9. The lowest BCUT2D eigenvalue weighted by molar-refractivity contribution is -0.145. The molecule has 4 amide bonds. The van der Waals surface area contributed by atoms with E-state index >= 15 is 22.8 Å². The van der Waals surface area contributed by atoms with E-state index in [1.807, 2.05) is 24.8 Å². The number of alkyl carbamates (subject to hydrolysis) is 1. The van der Waals surface area contributed by atoms with Gasteiger partial charge in [-0.2, -0.15) is 13.2 Å². The Kier molecular flexibility index (Phi) is 12.9. The Morgan fingerprint density at radius 1 is 1.09 bits per heavy atom. The molecule has 4 fully saturated rings. The second-order valence-electron chi connectivity index (χ2n) is 19.3. The zero-order valence-electron chi connectivity index (χ0n) is 37.8. The number of benzene rings is 1. The van der Waals surface area contributed by atoms with Crippen LogP contribution < -0.4 is 24.8 Å². The summed E-state index contributed by atoms with van der Waals surface area (Å²) in [7, 11) is -2.76. The van der Waals surface area contributed by atoms with Crippen LogP contribution in [0.25, 0.3) is 10.9 Å². The van der Waals surface area contributed by atoms with Crippen molar-refractivity contribution in [2.45, 2.75) is 125 Å². The Balaban J connectivity index is 1.25. The molecule has 66 heavy (non-hydrogen) atoms. The molecule has 6 unspecified atom stereocenters. The molecule has 1 aromatic carbocycles. The first-order chi connectivity index (χ1) is 31.2. The number of allylic oxidation sites excluding steroid dienone is 1. The fraction of sp³-hybridized carbons (Fsp3) is 0.630. The predicted octanol–water partition coefficient (Wildman–Crippen LogP) is 5.46. The van der Waals surface area contributed by atoms with E-state index in [2.05, 4.69) is 26.9 Å². The lowest BCUT2D eigenvalue weighted by atomic mass is 9.62. The van der Waals surface area contributed by atoms with Gasteiger partial charge in [0.05, 0.1) is 43.7 Å². The number of rotatable bonds is 8. The first-order valence-corrected chi connectivity index (χ1v) is 24.3. The summed E-state index contributed by atoms with van der Waals surface area (Å²) in [5.41, 5.74) is -4.37. The minimum Gasteiger partial charge on any atom is -0.497 e. The number of alkyl halides is 3. The third-order valence-corrected chi connectivity index (χ3v) is 16.3. The van der Waals surface area contributed by atoms with E-state index in [-0.39, 0.29) is 54.9 Å². The number of hydrogen-bond acceptors (Lipinski definition) is 12. The Morgan fingerprint density at radius 2 is 1.82 bits per heavy atom. The van der Waals surface area contributed by atoms with Gasteiger partial charge in [0.1, 0.15) is 29.0 Å². The highest BCUT2D eigenvalue weighted by atomic mass is 32.2. The summed E-state index contributed by atoms with van der Waals surface area (Å²) in [5, 5.41) is 5.93. The van der Waals surface area contributed by atoms with Gasteiger partial charge in [0, 0.05) is 48.8 Å². The molecule has 3 N–H and O–H groups in total. The van der Waals surface area contributed by atoms with Crippen molar-refractivity contribution < 1.29 is 59.7 Å². The van der Waals surface area contributed by atoms with E-state index in [0.717, 1.165) is 0 Å². The van der Waals surface area contributed by atoms with Crippen molar-refractivity contribution in [1.29, 1.82) is 0 Å². The largest absolute Gasteiger partial charge is 0.497 e. The molecule has 5 heterocycles. The van der Waals surface area contributed by atoms with Crippen molar-refractivity contribution in [3.63, 3.8) is 0 Å². The molecule has 0 bridgehead atoms. The number of fused-ring (bicyclic) bond motifs is 5. The van der Waals surface area contributed by atoms with Gasteiger partial charge in [-0.25, -0.2) is 18.2 Å². The van der Waals surface area contributed by atoms with Crippen LogP contribution >= 0.6 is 0 Å². The Labute approximate surface area is 382 Å². The molecule has 6 aliphatic rings. The van der Waals surface area contributed by atoms with Crippen LogP contribution in [0.5, 0.6) is 11.5 Å². The van der Waals surface area contributed by atoms with Crippen LogP contribution in [-0.2, 0) is 40.1 Å². The number of carbonyl (C=O) groups is 4. The van der Waals surface area contributed by atoms with Gasteiger partial charge >= 0.3 is 12.3 Å². The van der Waals surface area contributed by atoms with Crippen LogP contribution in [0.1, 0.15) is 102 Å². The van der Waals surface area contributed by atoms with Gasteiger partial charge in [-0.3, -0.25) is 24.0 Å². The minimum atomic E-state index is -5.00. The third kappa shape index (κ3) is 8.96. The van der Waals surface area contributed by atoms with E-state index < -0.39 is 97.9 Å². The highest BCUT2D eigenvalue weighted by Gasteiger charge is 2.62. The van der Waals surface area contributed by atoms with E-state index in [0.29, 0.717) is 76.0 Å². The highest BCUT2D eigenvalue weighted by Crippen LogP contribution is 2.54. The van der Waals surface area contributed by atoms with Gasteiger partial charge in [0.25, 0.3) is 5.91 Å². The number of halogens is 3. The zero-order chi connectivity index (χ0) is 47.4. The molecular formula is C46H59F3N6O10S.